The number of halogens is 2. The van der Waals surface area contributed by atoms with E-state index in [-0.39, 0.29) is 11.7 Å². The van der Waals surface area contributed by atoms with Crippen molar-refractivity contribution in [3.8, 4) is 0 Å². The van der Waals surface area contributed by atoms with E-state index in [1.807, 2.05) is 0 Å². The number of nitrogens with one attached hydrogen (secondary N) is 1. The van der Waals surface area contributed by atoms with Gasteiger partial charge in [0.05, 0.1) is 16.6 Å². The molecule has 0 bridgehead atoms. The molecular formula is C19H20Cl2N4O2. The van der Waals surface area contributed by atoms with Crippen LogP contribution >= 0.6 is 23.2 Å². The lowest BCUT2D eigenvalue weighted by molar-refractivity contribution is -0.117. The molecule has 0 saturated carbocycles. The Kier molecular flexibility index (Phi) is 6.31. The van der Waals surface area contributed by atoms with Crippen LogP contribution in [-0.2, 0) is 4.79 Å². The third kappa shape index (κ3) is 5.19. The smallest absolute Gasteiger partial charge is 0.238 e. The van der Waals surface area contributed by atoms with Crippen molar-refractivity contribution < 1.29 is 9.59 Å². The van der Waals surface area contributed by atoms with Gasteiger partial charge in [0.1, 0.15) is 5.82 Å². The quantitative estimate of drug-likeness (QED) is 0.771. The summed E-state index contributed by atoms with van der Waals surface area (Å²) in [4.78, 5) is 32.2. The van der Waals surface area contributed by atoms with Crippen molar-refractivity contribution in [1.29, 1.82) is 0 Å². The van der Waals surface area contributed by atoms with E-state index in [1.54, 1.807) is 36.5 Å². The second-order valence-corrected chi connectivity index (χ2v) is 7.25. The summed E-state index contributed by atoms with van der Waals surface area (Å²) in [5, 5.41) is 3.88. The first-order valence-corrected chi connectivity index (χ1v) is 9.37. The number of benzene rings is 1. The Hall–Kier alpha value is -2.15. The number of Topliss-reactive ketones (excluding diaryl/α,β-unsaturated/α-hetero) is 1. The second kappa shape index (κ2) is 8.69. The van der Waals surface area contributed by atoms with E-state index in [1.165, 1.54) is 6.92 Å². The van der Waals surface area contributed by atoms with Crippen LogP contribution in [0.1, 0.15) is 17.3 Å². The molecular weight excluding hydrogens is 387 g/mol. The van der Waals surface area contributed by atoms with Crippen molar-refractivity contribution >= 4 is 46.4 Å². The molecule has 0 unspecified atom stereocenters. The van der Waals surface area contributed by atoms with Crippen molar-refractivity contribution in [2.24, 2.45) is 0 Å². The molecule has 3 rings (SSSR count). The number of hydrogen-bond donors (Lipinski definition) is 1. The van der Waals surface area contributed by atoms with Crippen LogP contribution in [-0.4, -0.2) is 54.3 Å². The third-order valence-corrected chi connectivity index (χ3v) is 4.87. The lowest BCUT2D eigenvalue weighted by atomic mass is 10.1. The Bertz CT molecular complexity index is 851. The SMILES string of the molecule is CC(=O)c1cccc(NC(=O)CN2CCN(c3ncc(Cl)cc3Cl)CC2)c1. The molecule has 0 aliphatic carbocycles. The molecule has 6 nitrogen and oxygen atoms in total. The first kappa shape index (κ1) is 19.6. The van der Waals surface area contributed by atoms with Crippen molar-refractivity contribution in [2.75, 3.05) is 42.9 Å². The molecule has 0 radical (unpaired) electrons. The molecule has 1 aromatic heterocycles. The molecule has 1 fully saturated rings. The number of carbonyl (C=O) groups is 2. The number of ketones is 1. The van der Waals surface area contributed by atoms with Crippen molar-refractivity contribution in [1.82, 2.24) is 9.88 Å². The van der Waals surface area contributed by atoms with Crippen molar-refractivity contribution in [3.05, 3.63) is 52.1 Å². The average Bonchev–Trinajstić information content (AvgIpc) is 2.63. The van der Waals surface area contributed by atoms with Gasteiger partial charge in [-0.05, 0) is 25.1 Å². The number of carbonyl (C=O) groups excluding carboxylic acids is 2. The van der Waals surface area contributed by atoms with Gasteiger partial charge in [0.15, 0.2) is 5.78 Å². The standard InChI is InChI=1S/C19H20Cl2N4O2/c1-13(26)14-3-2-4-16(9-14)23-18(27)12-24-5-7-25(8-6-24)19-17(21)10-15(20)11-22-19/h2-4,9-11H,5-8,12H2,1H3,(H,23,27). The molecule has 2 aromatic rings. The Morgan fingerprint density at radius 3 is 2.56 bits per heavy atom. The van der Waals surface area contributed by atoms with Gasteiger partial charge in [-0.1, -0.05) is 35.3 Å². The second-order valence-electron chi connectivity index (χ2n) is 6.41. The van der Waals surface area contributed by atoms with E-state index >= 15 is 0 Å². The van der Waals surface area contributed by atoms with Crippen LogP contribution in [0.2, 0.25) is 10.0 Å². The predicted octanol–water partition coefficient (Wildman–Crippen LogP) is 3.35. The molecule has 1 aliphatic rings. The van der Waals surface area contributed by atoms with E-state index in [0.717, 1.165) is 26.2 Å². The minimum atomic E-state index is -0.105. The average molecular weight is 407 g/mol. The van der Waals surface area contributed by atoms with Crippen LogP contribution in [0.15, 0.2) is 36.5 Å². The van der Waals surface area contributed by atoms with Crippen LogP contribution in [0, 0.1) is 0 Å². The highest BCUT2D eigenvalue weighted by atomic mass is 35.5. The maximum Gasteiger partial charge on any atom is 0.238 e. The zero-order chi connectivity index (χ0) is 19.4. The fourth-order valence-corrected chi connectivity index (χ4v) is 3.48. The van der Waals surface area contributed by atoms with Gasteiger partial charge in [-0.25, -0.2) is 4.98 Å². The molecule has 1 aromatic carbocycles. The van der Waals surface area contributed by atoms with Gasteiger partial charge >= 0.3 is 0 Å². The summed E-state index contributed by atoms with van der Waals surface area (Å²) in [6.45, 7) is 4.69. The lowest BCUT2D eigenvalue weighted by Crippen LogP contribution is -2.49. The Morgan fingerprint density at radius 2 is 1.89 bits per heavy atom. The Balaban J connectivity index is 1.52. The maximum absolute atomic E-state index is 12.3. The minimum Gasteiger partial charge on any atom is -0.353 e. The molecule has 1 aliphatic heterocycles. The molecule has 142 valence electrons. The monoisotopic (exact) mass is 406 g/mol. The fourth-order valence-electron chi connectivity index (χ4n) is 2.98. The number of piperazine rings is 1. The largest absolute Gasteiger partial charge is 0.353 e. The first-order chi connectivity index (χ1) is 12.9. The van der Waals surface area contributed by atoms with Crippen LogP contribution < -0.4 is 10.2 Å². The van der Waals surface area contributed by atoms with Gasteiger partial charge in [0.25, 0.3) is 0 Å². The van der Waals surface area contributed by atoms with E-state index < -0.39 is 0 Å². The zero-order valence-corrected chi connectivity index (χ0v) is 16.4. The van der Waals surface area contributed by atoms with Gasteiger partial charge in [0, 0.05) is 43.6 Å². The summed E-state index contributed by atoms with van der Waals surface area (Å²) in [7, 11) is 0. The topological polar surface area (TPSA) is 65.5 Å². The van der Waals surface area contributed by atoms with Gasteiger partial charge in [-0.2, -0.15) is 0 Å². The van der Waals surface area contributed by atoms with Crippen LogP contribution in [0.5, 0.6) is 0 Å². The minimum absolute atomic E-state index is 0.0308. The van der Waals surface area contributed by atoms with E-state index in [9.17, 15) is 9.59 Å². The van der Waals surface area contributed by atoms with Crippen LogP contribution in [0.4, 0.5) is 11.5 Å². The maximum atomic E-state index is 12.3. The highest BCUT2D eigenvalue weighted by Crippen LogP contribution is 2.26. The molecule has 27 heavy (non-hydrogen) atoms. The predicted molar refractivity (Wildman–Crippen MR) is 108 cm³/mol. The number of aromatic nitrogens is 1. The lowest BCUT2D eigenvalue weighted by Gasteiger charge is -2.35. The summed E-state index contributed by atoms with van der Waals surface area (Å²) < 4.78 is 0. The number of pyridine rings is 1. The van der Waals surface area contributed by atoms with E-state index in [4.69, 9.17) is 23.2 Å². The number of rotatable bonds is 5. The summed E-state index contributed by atoms with van der Waals surface area (Å²) >= 11 is 12.1. The number of hydrogen-bond acceptors (Lipinski definition) is 5. The van der Waals surface area contributed by atoms with E-state index in [0.29, 0.717) is 33.7 Å². The van der Waals surface area contributed by atoms with Gasteiger partial charge in [-0.3, -0.25) is 14.5 Å². The summed E-state index contributed by atoms with van der Waals surface area (Å²) in [5.41, 5.74) is 1.21. The van der Waals surface area contributed by atoms with E-state index in [2.05, 4.69) is 20.1 Å². The molecule has 1 amide bonds. The van der Waals surface area contributed by atoms with Gasteiger partial charge < -0.3 is 10.2 Å². The molecule has 2 heterocycles. The van der Waals surface area contributed by atoms with Crippen LogP contribution in [0.3, 0.4) is 0 Å². The molecule has 1 saturated heterocycles. The van der Waals surface area contributed by atoms with Gasteiger partial charge in [0.2, 0.25) is 5.91 Å². The van der Waals surface area contributed by atoms with Crippen LogP contribution in [0.25, 0.3) is 0 Å². The Labute approximate surface area is 168 Å². The molecule has 0 atom stereocenters. The molecule has 8 heteroatoms. The molecule has 0 spiro atoms. The van der Waals surface area contributed by atoms with Gasteiger partial charge in [-0.15, -0.1) is 0 Å². The highest BCUT2D eigenvalue weighted by Gasteiger charge is 2.21. The number of anilines is 2. The molecule has 1 N–H and O–H groups in total. The number of nitrogens with zero attached hydrogens (tertiary/aromatic N) is 3. The number of amides is 1. The van der Waals surface area contributed by atoms with Crippen molar-refractivity contribution in [2.45, 2.75) is 6.92 Å². The third-order valence-electron chi connectivity index (χ3n) is 4.38. The zero-order valence-electron chi connectivity index (χ0n) is 14.9. The normalized spacial score (nSPS) is 14.9. The summed E-state index contributed by atoms with van der Waals surface area (Å²) in [6.07, 6.45) is 1.58. The highest BCUT2D eigenvalue weighted by molar-refractivity contribution is 6.36. The Morgan fingerprint density at radius 1 is 1.15 bits per heavy atom. The van der Waals surface area contributed by atoms with Crippen molar-refractivity contribution in [3.63, 3.8) is 0 Å². The summed E-state index contributed by atoms with van der Waals surface area (Å²) in [5.74, 6) is 0.578. The first-order valence-electron chi connectivity index (χ1n) is 8.61. The summed E-state index contributed by atoms with van der Waals surface area (Å²) in [6, 6.07) is 8.63. The fraction of sp³-hybridized carbons (Fsp3) is 0.316.